The Hall–Kier alpha value is -1.94. The monoisotopic (exact) mass is 341 g/mol. The molecule has 0 aliphatic carbocycles. The van der Waals surface area contributed by atoms with Crippen molar-refractivity contribution in [2.24, 2.45) is 0 Å². The van der Waals surface area contributed by atoms with Gasteiger partial charge in [0, 0.05) is 4.47 Å². The van der Waals surface area contributed by atoms with E-state index in [9.17, 15) is 9.59 Å². The standard InChI is InChI=1S/C17H12BrNO2/c18-12-8-11-6-7-14(10-4-2-1-3-5-10)19-15(11)13(9-12)16(20)17(19)21/h1-5,8-9,14H,6-7H2. The smallest absolute Gasteiger partial charge is 0.297 e. The van der Waals surface area contributed by atoms with Crippen molar-refractivity contribution in [3.63, 3.8) is 0 Å². The molecule has 104 valence electrons. The molecule has 0 saturated heterocycles. The van der Waals surface area contributed by atoms with E-state index in [0.29, 0.717) is 5.56 Å². The molecule has 0 bridgehead atoms. The highest BCUT2D eigenvalue weighted by atomic mass is 79.9. The van der Waals surface area contributed by atoms with Crippen molar-refractivity contribution in [3.8, 4) is 0 Å². The molecule has 4 rings (SSSR count). The Kier molecular flexibility index (Phi) is 2.76. The van der Waals surface area contributed by atoms with Gasteiger partial charge in [0.15, 0.2) is 0 Å². The largest absolute Gasteiger partial charge is 0.300 e. The van der Waals surface area contributed by atoms with Gasteiger partial charge in [0.05, 0.1) is 17.3 Å². The normalized spacial score (nSPS) is 19.9. The topological polar surface area (TPSA) is 37.4 Å². The minimum absolute atomic E-state index is 0.0439. The summed E-state index contributed by atoms with van der Waals surface area (Å²) >= 11 is 3.43. The molecule has 0 radical (unpaired) electrons. The Morgan fingerprint density at radius 3 is 2.62 bits per heavy atom. The van der Waals surface area contributed by atoms with Crippen molar-refractivity contribution >= 4 is 33.3 Å². The first-order chi connectivity index (χ1) is 10.2. The zero-order valence-corrected chi connectivity index (χ0v) is 12.8. The van der Waals surface area contributed by atoms with E-state index >= 15 is 0 Å². The first-order valence-corrected chi connectivity index (χ1v) is 7.71. The van der Waals surface area contributed by atoms with Gasteiger partial charge in [-0.1, -0.05) is 46.3 Å². The van der Waals surface area contributed by atoms with Gasteiger partial charge in [0.25, 0.3) is 11.7 Å². The van der Waals surface area contributed by atoms with Crippen molar-refractivity contribution in [1.82, 2.24) is 0 Å². The molecule has 2 heterocycles. The van der Waals surface area contributed by atoms with Gasteiger partial charge in [0.1, 0.15) is 0 Å². The van der Waals surface area contributed by atoms with Gasteiger partial charge in [0.2, 0.25) is 0 Å². The van der Waals surface area contributed by atoms with E-state index < -0.39 is 11.7 Å². The second-order valence-corrected chi connectivity index (χ2v) is 6.35. The van der Waals surface area contributed by atoms with Crippen LogP contribution in [0.15, 0.2) is 46.9 Å². The van der Waals surface area contributed by atoms with E-state index in [-0.39, 0.29) is 6.04 Å². The van der Waals surface area contributed by atoms with Crippen LogP contribution in [0.3, 0.4) is 0 Å². The highest BCUT2D eigenvalue weighted by Crippen LogP contribution is 2.45. The number of aryl methyl sites for hydroxylation is 1. The number of anilines is 1. The fourth-order valence-corrected chi connectivity index (χ4v) is 3.84. The van der Waals surface area contributed by atoms with E-state index in [4.69, 9.17) is 0 Å². The van der Waals surface area contributed by atoms with Crippen LogP contribution >= 0.6 is 15.9 Å². The number of nitrogens with zero attached hydrogens (tertiary/aromatic N) is 1. The predicted octanol–water partition coefficient (Wildman–Crippen LogP) is 3.67. The average Bonchev–Trinajstić information content (AvgIpc) is 2.75. The number of ketones is 1. The number of halogens is 1. The van der Waals surface area contributed by atoms with Gasteiger partial charge in [-0.3, -0.25) is 14.5 Å². The third-order valence-corrected chi connectivity index (χ3v) is 4.69. The number of hydrogen-bond acceptors (Lipinski definition) is 2. The lowest BCUT2D eigenvalue weighted by Crippen LogP contribution is -2.36. The maximum atomic E-state index is 12.4. The zero-order valence-electron chi connectivity index (χ0n) is 11.2. The summed E-state index contributed by atoms with van der Waals surface area (Å²) in [6, 6.07) is 13.7. The molecule has 2 aliphatic rings. The van der Waals surface area contributed by atoms with Crippen LogP contribution in [0.25, 0.3) is 0 Å². The lowest BCUT2D eigenvalue weighted by molar-refractivity contribution is -0.114. The van der Waals surface area contributed by atoms with E-state index in [1.54, 1.807) is 11.0 Å². The minimum atomic E-state index is -0.405. The van der Waals surface area contributed by atoms with Crippen molar-refractivity contribution < 1.29 is 9.59 Å². The third kappa shape index (κ3) is 1.79. The van der Waals surface area contributed by atoms with E-state index in [2.05, 4.69) is 15.9 Å². The first kappa shape index (κ1) is 12.8. The average molecular weight is 342 g/mol. The lowest BCUT2D eigenvalue weighted by Gasteiger charge is -2.34. The Balaban J connectivity index is 1.91. The van der Waals surface area contributed by atoms with Gasteiger partial charge < -0.3 is 0 Å². The first-order valence-electron chi connectivity index (χ1n) is 6.92. The van der Waals surface area contributed by atoms with Crippen molar-refractivity contribution in [3.05, 3.63) is 63.6 Å². The Labute approximate surface area is 130 Å². The highest BCUT2D eigenvalue weighted by molar-refractivity contribution is 9.10. The molecule has 2 aromatic carbocycles. The van der Waals surface area contributed by atoms with Crippen LogP contribution < -0.4 is 4.90 Å². The summed E-state index contributed by atoms with van der Waals surface area (Å²) in [6.07, 6.45) is 1.71. The number of benzene rings is 2. The van der Waals surface area contributed by atoms with E-state index in [1.807, 2.05) is 36.4 Å². The summed E-state index contributed by atoms with van der Waals surface area (Å²) < 4.78 is 0.859. The van der Waals surface area contributed by atoms with Gasteiger partial charge in [-0.2, -0.15) is 0 Å². The van der Waals surface area contributed by atoms with Crippen LogP contribution in [-0.4, -0.2) is 11.7 Å². The summed E-state index contributed by atoms with van der Waals surface area (Å²) in [5, 5.41) is 0. The molecule has 1 unspecified atom stereocenters. The predicted molar refractivity (Wildman–Crippen MR) is 83.5 cm³/mol. The molecule has 2 aromatic rings. The van der Waals surface area contributed by atoms with Crippen LogP contribution in [0.2, 0.25) is 0 Å². The SMILES string of the molecule is O=C1C(=O)N2c3c(cc(Br)cc31)CCC2c1ccccc1. The molecule has 0 fully saturated rings. The van der Waals surface area contributed by atoms with Gasteiger partial charge in [-0.25, -0.2) is 0 Å². The second-order valence-electron chi connectivity index (χ2n) is 5.43. The molecule has 4 heteroatoms. The molecular weight excluding hydrogens is 330 g/mol. The molecule has 3 nitrogen and oxygen atoms in total. The molecule has 1 atom stereocenters. The quantitative estimate of drug-likeness (QED) is 0.742. The Bertz CT molecular complexity index is 770. The van der Waals surface area contributed by atoms with E-state index in [1.165, 1.54) is 0 Å². The number of carbonyl (C=O) groups excluding carboxylic acids is 2. The zero-order chi connectivity index (χ0) is 14.6. The number of carbonyl (C=O) groups is 2. The molecule has 0 N–H and O–H groups in total. The highest BCUT2D eigenvalue weighted by Gasteiger charge is 2.44. The van der Waals surface area contributed by atoms with E-state index in [0.717, 1.165) is 34.1 Å². The summed E-state index contributed by atoms with van der Waals surface area (Å²) in [7, 11) is 0. The minimum Gasteiger partial charge on any atom is -0.297 e. The van der Waals surface area contributed by atoms with Crippen molar-refractivity contribution in [2.75, 3.05) is 4.90 Å². The summed E-state index contributed by atoms with van der Waals surface area (Å²) in [4.78, 5) is 26.4. The maximum Gasteiger partial charge on any atom is 0.300 e. The van der Waals surface area contributed by atoms with Crippen molar-refractivity contribution in [1.29, 1.82) is 0 Å². The number of hydrogen-bond donors (Lipinski definition) is 0. The molecule has 0 aromatic heterocycles. The van der Waals surface area contributed by atoms with Crippen LogP contribution in [-0.2, 0) is 11.2 Å². The molecule has 2 aliphatic heterocycles. The Morgan fingerprint density at radius 2 is 1.86 bits per heavy atom. The number of rotatable bonds is 1. The van der Waals surface area contributed by atoms with Gasteiger partial charge >= 0.3 is 0 Å². The molecule has 0 spiro atoms. The fraction of sp³-hybridized carbons (Fsp3) is 0.176. The third-order valence-electron chi connectivity index (χ3n) is 4.24. The summed E-state index contributed by atoms with van der Waals surface area (Å²) in [5.41, 5.74) is 3.50. The van der Waals surface area contributed by atoms with Gasteiger partial charge in [-0.05, 0) is 36.1 Å². The summed E-state index contributed by atoms with van der Waals surface area (Å²) in [6.45, 7) is 0. The van der Waals surface area contributed by atoms with Crippen LogP contribution in [0.4, 0.5) is 5.69 Å². The molecular formula is C17H12BrNO2. The van der Waals surface area contributed by atoms with Crippen LogP contribution in [0, 0.1) is 0 Å². The van der Waals surface area contributed by atoms with Gasteiger partial charge in [-0.15, -0.1) is 0 Å². The van der Waals surface area contributed by atoms with Crippen LogP contribution in [0.1, 0.15) is 33.9 Å². The Morgan fingerprint density at radius 1 is 1.10 bits per heavy atom. The second kappa shape index (κ2) is 4.53. The number of amides is 1. The summed E-state index contributed by atoms with van der Waals surface area (Å²) in [5.74, 6) is -0.798. The lowest BCUT2D eigenvalue weighted by atomic mass is 9.91. The number of Topliss-reactive ketones (excluding diaryl/α,β-unsaturated/α-hetero) is 1. The fourth-order valence-electron chi connectivity index (χ4n) is 3.34. The molecule has 1 amide bonds. The van der Waals surface area contributed by atoms with Crippen LogP contribution in [0.5, 0.6) is 0 Å². The van der Waals surface area contributed by atoms with Crippen molar-refractivity contribution in [2.45, 2.75) is 18.9 Å². The molecule has 21 heavy (non-hydrogen) atoms. The molecule has 0 saturated carbocycles. The maximum absolute atomic E-state index is 12.4.